The number of fused-ring (bicyclic) bond motifs is 1. The molecule has 0 unspecified atom stereocenters. The highest BCUT2D eigenvalue weighted by Crippen LogP contribution is 2.31. The summed E-state index contributed by atoms with van der Waals surface area (Å²) in [6.45, 7) is 6.16. The van der Waals surface area contributed by atoms with Gasteiger partial charge >= 0.3 is 0 Å². The van der Waals surface area contributed by atoms with Crippen LogP contribution in [-0.4, -0.2) is 40.3 Å². The van der Waals surface area contributed by atoms with Gasteiger partial charge in [0.05, 0.1) is 23.2 Å². The molecule has 146 valence electrons. The molecule has 4 rings (SSSR count). The van der Waals surface area contributed by atoms with Crippen molar-refractivity contribution in [1.29, 1.82) is 5.26 Å². The highest BCUT2D eigenvalue weighted by atomic mass is 32.1. The summed E-state index contributed by atoms with van der Waals surface area (Å²) >= 11 is 1.70. The molecule has 0 N–H and O–H groups in total. The predicted octanol–water partition coefficient (Wildman–Crippen LogP) is 3.64. The molecule has 1 atom stereocenters. The Balaban J connectivity index is 1.43. The van der Waals surface area contributed by atoms with E-state index in [1.807, 2.05) is 16.5 Å². The van der Waals surface area contributed by atoms with E-state index in [2.05, 4.69) is 35.0 Å². The topological polar surface area (TPSA) is 60.2 Å². The second-order valence-corrected chi connectivity index (χ2v) is 8.71. The van der Waals surface area contributed by atoms with Crippen LogP contribution in [0.5, 0.6) is 0 Å². The van der Waals surface area contributed by atoms with Crippen molar-refractivity contribution in [3.63, 3.8) is 0 Å². The first-order valence-electron chi connectivity index (χ1n) is 10.1. The van der Waals surface area contributed by atoms with Crippen LogP contribution in [0.2, 0.25) is 0 Å². The van der Waals surface area contributed by atoms with Crippen LogP contribution in [0.3, 0.4) is 0 Å². The van der Waals surface area contributed by atoms with E-state index in [9.17, 15) is 10.1 Å². The van der Waals surface area contributed by atoms with E-state index < -0.39 is 0 Å². The number of carbonyl (C=O) groups is 1. The Morgan fingerprint density at radius 1 is 1.39 bits per heavy atom. The minimum atomic E-state index is -0.0192. The Labute approximate surface area is 170 Å². The lowest BCUT2D eigenvalue weighted by Gasteiger charge is -2.31. The summed E-state index contributed by atoms with van der Waals surface area (Å²) in [6, 6.07) is 6.61. The van der Waals surface area contributed by atoms with Gasteiger partial charge in [0.15, 0.2) is 0 Å². The van der Waals surface area contributed by atoms with Crippen LogP contribution in [-0.2, 0) is 25.9 Å². The number of amides is 1. The van der Waals surface area contributed by atoms with Crippen LogP contribution in [0.1, 0.15) is 51.8 Å². The lowest BCUT2D eigenvalue weighted by molar-refractivity contribution is 0.0697. The van der Waals surface area contributed by atoms with E-state index in [0.717, 1.165) is 63.1 Å². The quantitative estimate of drug-likeness (QED) is 0.794. The highest BCUT2D eigenvalue weighted by molar-refractivity contribution is 7.10. The van der Waals surface area contributed by atoms with Crippen molar-refractivity contribution < 1.29 is 4.79 Å². The molecule has 2 aliphatic heterocycles. The van der Waals surface area contributed by atoms with Gasteiger partial charge in [-0.15, -0.1) is 11.3 Å². The molecule has 1 amide bonds. The van der Waals surface area contributed by atoms with Crippen molar-refractivity contribution in [1.82, 2.24) is 14.8 Å². The number of aryl methyl sites for hydroxylation is 1. The van der Waals surface area contributed by atoms with Crippen LogP contribution in [0, 0.1) is 17.2 Å². The molecule has 0 bridgehead atoms. The number of likely N-dealkylation sites (tertiary alicyclic amines) is 1. The third-order valence-corrected chi connectivity index (χ3v) is 6.84. The molecule has 5 nitrogen and oxygen atoms in total. The SMILES string of the molecule is CCc1ccc(CN2CCc3c(C(=O)N4CCC[C@@H](C#N)C4)csc3C2)nc1. The average molecular weight is 395 g/mol. The molecule has 0 radical (unpaired) electrons. The zero-order valence-electron chi connectivity index (χ0n) is 16.4. The Morgan fingerprint density at radius 2 is 2.29 bits per heavy atom. The van der Waals surface area contributed by atoms with E-state index in [4.69, 9.17) is 0 Å². The molecular formula is C22H26N4OS. The van der Waals surface area contributed by atoms with Gasteiger partial charge in [0.1, 0.15) is 0 Å². The highest BCUT2D eigenvalue weighted by Gasteiger charge is 2.29. The molecule has 0 spiro atoms. The van der Waals surface area contributed by atoms with Gasteiger partial charge in [0, 0.05) is 49.2 Å². The van der Waals surface area contributed by atoms with Crippen molar-refractivity contribution in [3.05, 3.63) is 51.0 Å². The number of hydrogen-bond acceptors (Lipinski definition) is 5. The van der Waals surface area contributed by atoms with Gasteiger partial charge in [-0.1, -0.05) is 13.0 Å². The molecule has 28 heavy (non-hydrogen) atoms. The molecule has 6 heteroatoms. The normalized spacial score (nSPS) is 19.9. The number of aromatic nitrogens is 1. The fourth-order valence-electron chi connectivity index (χ4n) is 4.12. The average Bonchev–Trinajstić information content (AvgIpc) is 3.17. The van der Waals surface area contributed by atoms with Gasteiger partial charge in [-0.05, 0) is 42.9 Å². The first kappa shape index (κ1) is 19.1. The van der Waals surface area contributed by atoms with Crippen LogP contribution in [0.4, 0.5) is 0 Å². The number of thiophene rings is 1. The molecule has 4 heterocycles. The number of rotatable bonds is 4. The standard InChI is InChI=1S/C22H26N4OS/c1-2-16-5-6-18(24-11-16)13-25-9-7-19-20(15-28-21(19)14-25)22(27)26-8-3-4-17(10-23)12-26/h5-6,11,15,17H,2-4,7-9,12-14H2,1H3/t17-/m0/s1. The van der Waals surface area contributed by atoms with Crippen molar-refractivity contribution in [2.24, 2.45) is 5.92 Å². The largest absolute Gasteiger partial charge is 0.337 e. The van der Waals surface area contributed by atoms with Gasteiger partial charge < -0.3 is 4.90 Å². The summed E-state index contributed by atoms with van der Waals surface area (Å²) in [4.78, 5) is 23.2. The van der Waals surface area contributed by atoms with Gasteiger partial charge in [0.25, 0.3) is 5.91 Å². The second kappa shape index (κ2) is 8.42. The maximum atomic E-state index is 13.0. The summed E-state index contributed by atoms with van der Waals surface area (Å²) in [6.07, 6.45) is 5.72. The number of piperidine rings is 1. The molecule has 1 saturated heterocycles. The molecule has 0 aliphatic carbocycles. The summed E-state index contributed by atoms with van der Waals surface area (Å²) < 4.78 is 0. The Hall–Kier alpha value is -2.23. The number of nitriles is 1. The van der Waals surface area contributed by atoms with Crippen molar-refractivity contribution in [2.45, 2.75) is 45.7 Å². The second-order valence-electron chi connectivity index (χ2n) is 7.74. The van der Waals surface area contributed by atoms with Crippen molar-refractivity contribution >= 4 is 17.2 Å². The van der Waals surface area contributed by atoms with Crippen LogP contribution in [0.15, 0.2) is 23.7 Å². The summed E-state index contributed by atoms with van der Waals surface area (Å²) in [5.41, 5.74) is 4.45. The molecular weight excluding hydrogens is 368 g/mol. The van der Waals surface area contributed by atoms with Gasteiger partial charge in [-0.3, -0.25) is 14.7 Å². The lowest BCUT2D eigenvalue weighted by Crippen LogP contribution is -2.40. The minimum Gasteiger partial charge on any atom is -0.337 e. The monoisotopic (exact) mass is 394 g/mol. The first-order chi connectivity index (χ1) is 13.7. The van der Waals surface area contributed by atoms with Gasteiger partial charge in [-0.2, -0.15) is 5.26 Å². The lowest BCUT2D eigenvalue weighted by atomic mass is 9.97. The summed E-state index contributed by atoms with van der Waals surface area (Å²) in [5.74, 6) is 0.0944. The molecule has 2 aromatic heterocycles. The predicted molar refractivity (Wildman–Crippen MR) is 110 cm³/mol. The maximum Gasteiger partial charge on any atom is 0.255 e. The Morgan fingerprint density at radius 3 is 3.04 bits per heavy atom. The van der Waals surface area contributed by atoms with E-state index in [1.165, 1.54) is 16.0 Å². The van der Waals surface area contributed by atoms with Gasteiger partial charge in [-0.25, -0.2) is 0 Å². The van der Waals surface area contributed by atoms with Crippen molar-refractivity contribution in [2.75, 3.05) is 19.6 Å². The van der Waals surface area contributed by atoms with Crippen molar-refractivity contribution in [3.8, 4) is 6.07 Å². The van der Waals surface area contributed by atoms with E-state index in [0.29, 0.717) is 6.54 Å². The molecule has 0 aromatic carbocycles. The Kier molecular flexibility index (Phi) is 5.74. The Bertz CT molecular complexity index is 883. The smallest absolute Gasteiger partial charge is 0.255 e. The third kappa shape index (κ3) is 3.96. The summed E-state index contributed by atoms with van der Waals surface area (Å²) in [5, 5.41) is 11.2. The molecule has 0 saturated carbocycles. The van der Waals surface area contributed by atoms with Crippen LogP contribution < -0.4 is 0 Å². The van der Waals surface area contributed by atoms with E-state index in [1.54, 1.807) is 11.3 Å². The minimum absolute atomic E-state index is 0.0192. The van der Waals surface area contributed by atoms with Crippen LogP contribution in [0.25, 0.3) is 0 Å². The summed E-state index contributed by atoms with van der Waals surface area (Å²) in [7, 11) is 0. The molecule has 2 aromatic rings. The number of carbonyl (C=O) groups excluding carboxylic acids is 1. The fourth-order valence-corrected chi connectivity index (χ4v) is 5.23. The third-order valence-electron chi connectivity index (χ3n) is 5.83. The maximum absolute atomic E-state index is 13.0. The fraction of sp³-hybridized carbons (Fsp3) is 0.500. The van der Waals surface area contributed by atoms with E-state index >= 15 is 0 Å². The zero-order chi connectivity index (χ0) is 19.5. The number of pyridine rings is 1. The van der Waals surface area contributed by atoms with Gasteiger partial charge in [0.2, 0.25) is 0 Å². The number of hydrogen-bond donors (Lipinski definition) is 0. The zero-order valence-corrected chi connectivity index (χ0v) is 17.2. The number of nitrogens with zero attached hydrogens (tertiary/aromatic N) is 4. The van der Waals surface area contributed by atoms with E-state index in [-0.39, 0.29) is 11.8 Å². The molecule has 1 fully saturated rings. The molecule has 2 aliphatic rings. The van der Waals surface area contributed by atoms with Crippen LogP contribution >= 0.6 is 11.3 Å². The first-order valence-corrected chi connectivity index (χ1v) is 11.0.